The predicted octanol–water partition coefficient (Wildman–Crippen LogP) is 5.28. The van der Waals surface area contributed by atoms with Gasteiger partial charge >= 0.3 is 7.82 Å². The van der Waals surface area contributed by atoms with Gasteiger partial charge in [0.1, 0.15) is 0 Å². The van der Waals surface area contributed by atoms with Crippen molar-refractivity contribution >= 4 is 19.6 Å². The first kappa shape index (κ1) is 30.6. The number of ether oxygens (including phenoxy) is 1. The molecule has 0 radical (unpaired) electrons. The number of thioether (sulfide) groups is 1. The molecule has 0 aromatic heterocycles. The average Bonchev–Trinajstić information content (AvgIpc) is 2.62. The van der Waals surface area contributed by atoms with Crippen LogP contribution in [0.25, 0.3) is 0 Å². The molecule has 0 aliphatic rings. The second-order valence-electron chi connectivity index (χ2n) is 7.06. The van der Waals surface area contributed by atoms with Gasteiger partial charge in [0.05, 0.1) is 6.61 Å². The highest BCUT2D eigenvalue weighted by Gasteiger charge is 2.00. The van der Waals surface area contributed by atoms with Gasteiger partial charge in [-0.2, -0.15) is 11.8 Å². The summed E-state index contributed by atoms with van der Waals surface area (Å²) in [4.78, 5) is 21.6. The number of hydrogen-bond donors (Lipinski definition) is 4. The number of rotatable bonds is 20. The van der Waals surface area contributed by atoms with Crippen LogP contribution in [0.1, 0.15) is 96.8 Å². The first-order valence-electron chi connectivity index (χ1n) is 11.0. The molecule has 0 rings (SSSR count). The van der Waals surface area contributed by atoms with Crippen molar-refractivity contribution < 1.29 is 29.1 Å². The monoisotopic (exact) mass is 444 g/mol. The molecule has 28 heavy (non-hydrogen) atoms. The van der Waals surface area contributed by atoms with Crippen LogP contribution < -0.4 is 0 Å². The van der Waals surface area contributed by atoms with Crippen molar-refractivity contribution in [3.63, 3.8) is 0 Å². The molecule has 0 amide bonds. The fourth-order valence-corrected chi connectivity index (χ4v) is 3.48. The third-order valence-electron chi connectivity index (χ3n) is 4.21. The summed E-state index contributed by atoms with van der Waals surface area (Å²) < 4.78 is 14.5. The van der Waals surface area contributed by atoms with E-state index in [1.54, 1.807) is 0 Å². The Morgan fingerprint density at radius 2 is 1.11 bits per heavy atom. The fraction of sp³-hybridized carbons (Fsp3) is 1.00. The molecule has 0 fully saturated rings. The van der Waals surface area contributed by atoms with Crippen molar-refractivity contribution in [3.05, 3.63) is 0 Å². The summed E-state index contributed by atoms with van der Waals surface area (Å²) in [6.07, 6.45) is 19.1. The highest BCUT2D eigenvalue weighted by Crippen LogP contribution is 2.25. The molecular formula is C20H45O6PS. The lowest BCUT2D eigenvalue weighted by atomic mass is 10.0. The van der Waals surface area contributed by atoms with Gasteiger partial charge in [-0.1, -0.05) is 84.0 Å². The van der Waals surface area contributed by atoms with E-state index in [1.165, 1.54) is 83.5 Å². The topological polar surface area (TPSA) is 107 Å². The third kappa shape index (κ3) is 40.9. The summed E-state index contributed by atoms with van der Waals surface area (Å²) in [5.41, 5.74) is 0. The van der Waals surface area contributed by atoms with Crippen LogP contribution in [0.2, 0.25) is 0 Å². The van der Waals surface area contributed by atoms with Crippen molar-refractivity contribution in [3.8, 4) is 0 Å². The molecule has 0 spiro atoms. The van der Waals surface area contributed by atoms with Crippen LogP contribution in [0.15, 0.2) is 0 Å². The van der Waals surface area contributed by atoms with Crippen LogP contribution in [-0.4, -0.2) is 51.1 Å². The normalized spacial score (nSPS) is 11.3. The molecule has 8 heteroatoms. The zero-order valence-corrected chi connectivity index (χ0v) is 19.6. The molecule has 0 bridgehead atoms. The van der Waals surface area contributed by atoms with Gasteiger partial charge in [-0.15, -0.1) is 0 Å². The molecule has 0 aromatic carbocycles. The van der Waals surface area contributed by atoms with Gasteiger partial charge in [-0.3, -0.25) is 0 Å². The summed E-state index contributed by atoms with van der Waals surface area (Å²) >= 11 is 1.88. The van der Waals surface area contributed by atoms with Crippen LogP contribution in [0.5, 0.6) is 0 Å². The minimum Gasteiger partial charge on any atom is -0.396 e. The molecular weight excluding hydrogens is 399 g/mol. The number of aliphatic hydroxyl groups excluding tert-OH is 1. The fourth-order valence-electron chi connectivity index (χ4n) is 2.71. The zero-order chi connectivity index (χ0) is 21.3. The van der Waals surface area contributed by atoms with Crippen LogP contribution >= 0.6 is 19.6 Å². The molecule has 0 aliphatic carbocycles. The summed E-state index contributed by atoms with van der Waals surface area (Å²) in [5, 5.41) is 8.67. The Bertz CT molecular complexity index is 300. The van der Waals surface area contributed by atoms with E-state index in [-0.39, 0.29) is 0 Å². The Morgan fingerprint density at radius 3 is 1.54 bits per heavy atom. The Labute approximate surface area is 177 Å². The van der Waals surface area contributed by atoms with Crippen molar-refractivity contribution in [1.29, 1.82) is 0 Å². The molecule has 0 heterocycles. The van der Waals surface area contributed by atoms with Gasteiger partial charge in [0.15, 0.2) is 0 Å². The molecule has 4 N–H and O–H groups in total. The second kappa shape index (κ2) is 25.4. The SMILES string of the molecule is CCCCCCCCCCCCCCCOCCSCCCO.O=P(O)(O)O. The van der Waals surface area contributed by atoms with Crippen LogP contribution in [-0.2, 0) is 9.30 Å². The summed E-state index contributed by atoms with van der Waals surface area (Å²) in [7, 11) is -4.64. The van der Waals surface area contributed by atoms with Gasteiger partial charge in [0, 0.05) is 19.0 Å². The highest BCUT2D eigenvalue weighted by atomic mass is 32.2. The Kier molecular flexibility index (Phi) is 27.8. The molecule has 6 nitrogen and oxygen atoms in total. The van der Waals surface area contributed by atoms with Crippen LogP contribution in [0, 0.1) is 0 Å². The first-order valence-corrected chi connectivity index (χ1v) is 13.7. The van der Waals surface area contributed by atoms with Crippen LogP contribution in [0.3, 0.4) is 0 Å². The van der Waals surface area contributed by atoms with Gasteiger partial charge in [0.25, 0.3) is 0 Å². The molecule has 172 valence electrons. The van der Waals surface area contributed by atoms with Crippen LogP contribution in [0.4, 0.5) is 0 Å². The molecule has 0 aromatic rings. The quantitative estimate of drug-likeness (QED) is 0.149. The van der Waals surface area contributed by atoms with Gasteiger partial charge < -0.3 is 24.5 Å². The van der Waals surface area contributed by atoms with Crippen molar-refractivity contribution in [2.45, 2.75) is 96.8 Å². The second-order valence-corrected chi connectivity index (χ2v) is 9.31. The van der Waals surface area contributed by atoms with E-state index in [4.69, 9.17) is 29.1 Å². The van der Waals surface area contributed by atoms with Gasteiger partial charge in [-0.25, -0.2) is 4.57 Å². The van der Waals surface area contributed by atoms with E-state index >= 15 is 0 Å². The minimum atomic E-state index is -4.64. The summed E-state index contributed by atoms with van der Waals surface area (Å²) in [6, 6.07) is 0. The van der Waals surface area contributed by atoms with E-state index in [2.05, 4.69) is 6.92 Å². The maximum absolute atomic E-state index is 8.88. The maximum atomic E-state index is 8.88. The standard InChI is InChI=1S/C20H42O2S.H3O4P/c1-2-3-4-5-6-7-8-9-10-11-12-13-14-17-22-18-20-23-19-15-16-21;1-5(2,3)4/h21H,2-20H2,1H3;(H3,1,2,3,4). The van der Waals surface area contributed by atoms with E-state index in [1.807, 2.05) is 11.8 Å². The van der Waals surface area contributed by atoms with Crippen molar-refractivity contribution in [1.82, 2.24) is 0 Å². The highest BCUT2D eigenvalue weighted by molar-refractivity contribution is 7.99. The van der Waals surface area contributed by atoms with E-state index in [9.17, 15) is 0 Å². The largest absolute Gasteiger partial charge is 0.466 e. The lowest BCUT2D eigenvalue weighted by Crippen LogP contribution is -2.00. The van der Waals surface area contributed by atoms with Crippen molar-refractivity contribution in [2.24, 2.45) is 0 Å². The average molecular weight is 445 g/mol. The Balaban J connectivity index is 0. The predicted molar refractivity (Wildman–Crippen MR) is 120 cm³/mol. The van der Waals surface area contributed by atoms with Gasteiger partial charge in [-0.05, 0) is 18.6 Å². The molecule has 0 saturated carbocycles. The molecule has 0 aliphatic heterocycles. The lowest BCUT2D eigenvalue weighted by Gasteiger charge is -2.05. The maximum Gasteiger partial charge on any atom is 0.466 e. The van der Waals surface area contributed by atoms with E-state index < -0.39 is 7.82 Å². The summed E-state index contributed by atoms with van der Waals surface area (Å²) in [6.45, 7) is 4.39. The number of hydrogen-bond acceptors (Lipinski definition) is 4. The van der Waals surface area contributed by atoms with E-state index in [0.717, 1.165) is 31.1 Å². The zero-order valence-electron chi connectivity index (χ0n) is 17.9. The van der Waals surface area contributed by atoms with Crippen molar-refractivity contribution in [2.75, 3.05) is 31.3 Å². The molecule has 0 unspecified atom stereocenters. The molecule has 0 atom stereocenters. The minimum absolute atomic E-state index is 0.312. The number of aliphatic hydroxyl groups is 1. The smallest absolute Gasteiger partial charge is 0.396 e. The lowest BCUT2D eigenvalue weighted by molar-refractivity contribution is 0.145. The summed E-state index contributed by atoms with van der Waals surface area (Å²) in [5.74, 6) is 2.12. The number of unbranched alkanes of at least 4 members (excludes halogenated alkanes) is 12. The van der Waals surface area contributed by atoms with E-state index in [0.29, 0.717) is 6.61 Å². The Morgan fingerprint density at radius 1 is 0.679 bits per heavy atom. The molecule has 0 saturated heterocycles. The third-order valence-corrected chi connectivity index (χ3v) is 5.24. The number of phosphoric acid groups is 1. The Hall–Kier alpha value is 0.380. The first-order chi connectivity index (χ1) is 13.4. The van der Waals surface area contributed by atoms with Gasteiger partial charge in [0.2, 0.25) is 0 Å².